The van der Waals surface area contributed by atoms with Gasteiger partial charge in [-0.05, 0) is 18.2 Å². The van der Waals surface area contributed by atoms with Gasteiger partial charge in [0.1, 0.15) is 11.3 Å². The highest BCUT2D eigenvalue weighted by Crippen LogP contribution is 2.30. The quantitative estimate of drug-likeness (QED) is 0.811. The van der Waals surface area contributed by atoms with Crippen LogP contribution >= 0.6 is 11.6 Å². The smallest absolute Gasteiger partial charge is 0.447 e. The Morgan fingerprint density at radius 2 is 1.94 bits per heavy atom. The molecule has 0 aliphatic rings. The molecule has 0 radical (unpaired) electrons. The third kappa shape index (κ3) is 2.57. The van der Waals surface area contributed by atoms with Crippen LogP contribution in [0.3, 0.4) is 0 Å². The van der Waals surface area contributed by atoms with Crippen molar-refractivity contribution in [1.82, 2.24) is 4.98 Å². The van der Waals surface area contributed by atoms with Crippen LogP contribution in [0.2, 0.25) is 5.02 Å². The predicted octanol–water partition coefficient (Wildman–Crippen LogP) is 1.78. The molecule has 2 aromatic rings. The van der Waals surface area contributed by atoms with Gasteiger partial charge in [0.2, 0.25) is 5.88 Å². The number of hydrogen-bond donors (Lipinski definition) is 2. The molecule has 0 bridgehead atoms. The zero-order valence-corrected chi connectivity index (χ0v) is 9.73. The summed E-state index contributed by atoms with van der Waals surface area (Å²) in [6.45, 7) is 0. The van der Waals surface area contributed by atoms with Crippen LogP contribution in [0.5, 0.6) is 11.6 Å². The summed E-state index contributed by atoms with van der Waals surface area (Å²) >= 11 is 5.85. The molecule has 90 valence electrons. The zero-order chi connectivity index (χ0) is 12.6. The number of aromatic nitrogens is 1. The van der Waals surface area contributed by atoms with Crippen LogP contribution in [0, 0.1) is 0 Å². The second kappa shape index (κ2) is 4.02. The van der Waals surface area contributed by atoms with Crippen molar-refractivity contribution in [1.29, 1.82) is 0 Å². The van der Waals surface area contributed by atoms with Crippen LogP contribution in [0.15, 0.2) is 24.3 Å². The molecule has 2 rings (SSSR count). The van der Waals surface area contributed by atoms with Gasteiger partial charge in [-0.15, -0.1) is 0 Å². The predicted molar refractivity (Wildman–Crippen MR) is 60.6 cm³/mol. The molecule has 0 saturated carbocycles. The summed E-state index contributed by atoms with van der Waals surface area (Å²) in [7, 11) is -4.65. The summed E-state index contributed by atoms with van der Waals surface area (Å²) in [5.74, 6) is -0.539. The van der Waals surface area contributed by atoms with Gasteiger partial charge in [-0.25, -0.2) is 4.98 Å². The van der Waals surface area contributed by atoms with Gasteiger partial charge in [0.15, 0.2) is 0 Å². The SMILES string of the molecule is O=S(=O)(O)Oc1ccc2c(Cl)ccc(O)c2n1. The Kier molecular flexibility index (Phi) is 2.82. The molecule has 0 atom stereocenters. The molecule has 6 nitrogen and oxygen atoms in total. The van der Waals surface area contributed by atoms with Crippen molar-refractivity contribution >= 4 is 32.9 Å². The molecule has 1 aromatic heterocycles. The Bertz CT molecular complexity index is 685. The number of halogens is 1. The Labute approximate surface area is 101 Å². The number of hydrogen-bond acceptors (Lipinski definition) is 5. The van der Waals surface area contributed by atoms with Gasteiger partial charge in [0, 0.05) is 11.5 Å². The summed E-state index contributed by atoms with van der Waals surface area (Å²) in [4.78, 5) is 3.73. The number of rotatable bonds is 2. The van der Waals surface area contributed by atoms with E-state index in [0.29, 0.717) is 10.4 Å². The maximum atomic E-state index is 10.5. The molecular formula is C9H6ClNO5S. The number of phenols is 1. The van der Waals surface area contributed by atoms with Crippen molar-refractivity contribution in [3.63, 3.8) is 0 Å². The lowest BCUT2D eigenvalue weighted by molar-refractivity contribution is 0.381. The van der Waals surface area contributed by atoms with Crippen molar-refractivity contribution in [2.45, 2.75) is 0 Å². The topological polar surface area (TPSA) is 96.7 Å². The molecule has 17 heavy (non-hydrogen) atoms. The fourth-order valence-electron chi connectivity index (χ4n) is 1.30. The van der Waals surface area contributed by atoms with Gasteiger partial charge in [0.05, 0.1) is 5.02 Å². The lowest BCUT2D eigenvalue weighted by atomic mass is 10.2. The van der Waals surface area contributed by atoms with Crippen molar-refractivity contribution in [2.24, 2.45) is 0 Å². The van der Waals surface area contributed by atoms with E-state index in [0.717, 1.165) is 0 Å². The molecule has 0 saturated heterocycles. The molecule has 1 heterocycles. The highest BCUT2D eigenvalue weighted by molar-refractivity contribution is 7.81. The Morgan fingerprint density at radius 1 is 1.24 bits per heavy atom. The molecule has 0 fully saturated rings. The molecular weight excluding hydrogens is 270 g/mol. The van der Waals surface area contributed by atoms with Crippen molar-refractivity contribution < 1.29 is 22.3 Å². The average Bonchev–Trinajstić information content (AvgIpc) is 2.21. The fourth-order valence-corrected chi connectivity index (χ4v) is 1.83. The summed E-state index contributed by atoms with van der Waals surface area (Å²) in [5.41, 5.74) is 0.0821. The Hall–Kier alpha value is -1.57. The van der Waals surface area contributed by atoms with Crippen molar-refractivity contribution in [3.05, 3.63) is 29.3 Å². The van der Waals surface area contributed by atoms with Crippen LogP contribution in [-0.4, -0.2) is 23.1 Å². The lowest BCUT2D eigenvalue weighted by Gasteiger charge is -2.05. The minimum absolute atomic E-state index is 0.0821. The summed E-state index contributed by atoms with van der Waals surface area (Å²) in [6.07, 6.45) is 0. The molecule has 0 spiro atoms. The minimum Gasteiger partial charge on any atom is -0.506 e. The first-order valence-corrected chi connectivity index (χ1v) is 6.06. The van der Waals surface area contributed by atoms with E-state index in [2.05, 4.69) is 9.17 Å². The number of phenolic OH excluding ortho intramolecular Hbond substituents is 1. The zero-order valence-electron chi connectivity index (χ0n) is 8.16. The van der Waals surface area contributed by atoms with Gasteiger partial charge < -0.3 is 9.29 Å². The molecule has 8 heteroatoms. The van der Waals surface area contributed by atoms with E-state index in [-0.39, 0.29) is 17.1 Å². The van der Waals surface area contributed by atoms with Crippen LogP contribution in [-0.2, 0) is 10.4 Å². The molecule has 0 unspecified atom stereocenters. The number of fused-ring (bicyclic) bond motifs is 1. The number of aromatic hydroxyl groups is 1. The van der Waals surface area contributed by atoms with Crippen LogP contribution in [0.1, 0.15) is 0 Å². The van der Waals surface area contributed by atoms with Crippen LogP contribution < -0.4 is 4.18 Å². The molecule has 0 amide bonds. The third-order valence-electron chi connectivity index (χ3n) is 1.95. The van der Waals surface area contributed by atoms with Gasteiger partial charge in [-0.2, -0.15) is 8.42 Å². The van der Waals surface area contributed by atoms with Gasteiger partial charge in [-0.1, -0.05) is 11.6 Å². The standard InChI is InChI=1S/C9H6ClNO5S/c10-6-2-3-7(12)9-5(6)1-4-8(11-9)16-17(13,14)15/h1-4,12H,(H,13,14,15). The maximum Gasteiger partial charge on any atom is 0.447 e. The second-order valence-corrected chi connectivity index (χ2v) is 4.55. The Balaban J connectivity index is 2.62. The van der Waals surface area contributed by atoms with Gasteiger partial charge in [-0.3, -0.25) is 4.55 Å². The monoisotopic (exact) mass is 275 g/mol. The van der Waals surface area contributed by atoms with E-state index in [1.807, 2.05) is 0 Å². The van der Waals surface area contributed by atoms with Crippen LogP contribution in [0.4, 0.5) is 0 Å². The first kappa shape index (κ1) is 11.9. The highest BCUT2D eigenvalue weighted by atomic mass is 35.5. The average molecular weight is 276 g/mol. The van der Waals surface area contributed by atoms with Gasteiger partial charge in [0.25, 0.3) is 0 Å². The van der Waals surface area contributed by atoms with Crippen molar-refractivity contribution in [2.75, 3.05) is 0 Å². The van der Waals surface area contributed by atoms with Gasteiger partial charge >= 0.3 is 10.4 Å². The number of benzene rings is 1. The van der Waals surface area contributed by atoms with E-state index in [9.17, 15) is 13.5 Å². The van der Waals surface area contributed by atoms with E-state index in [1.165, 1.54) is 24.3 Å². The van der Waals surface area contributed by atoms with E-state index in [4.69, 9.17) is 16.2 Å². The third-order valence-corrected chi connectivity index (χ3v) is 2.66. The molecule has 2 N–H and O–H groups in total. The highest BCUT2D eigenvalue weighted by Gasteiger charge is 2.11. The fraction of sp³-hybridized carbons (Fsp3) is 0. The summed E-state index contributed by atoms with van der Waals surface area (Å²) in [5, 5.41) is 10.3. The Morgan fingerprint density at radius 3 is 2.59 bits per heavy atom. The maximum absolute atomic E-state index is 10.5. The number of nitrogens with zero attached hydrogens (tertiary/aromatic N) is 1. The van der Waals surface area contributed by atoms with E-state index < -0.39 is 10.4 Å². The largest absolute Gasteiger partial charge is 0.506 e. The van der Waals surface area contributed by atoms with E-state index in [1.54, 1.807) is 0 Å². The first-order chi connectivity index (χ1) is 7.87. The van der Waals surface area contributed by atoms with Crippen LogP contribution in [0.25, 0.3) is 10.9 Å². The van der Waals surface area contributed by atoms with Crippen molar-refractivity contribution in [3.8, 4) is 11.6 Å². The summed E-state index contributed by atoms with van der Waals surface area (Å²) in [6, 6.07) is 5.42. The number of pyridine rings is 1. The summed E-state index contributed by atoms with van der Waals surface area (Å²) < 4.78 is 33.6. The normalized spacial score (nSPS) is 11.6. The minimum atomic E-state index is -4.65. The molecule has 0 aliphatic heterocycles. The first-order valence-electron chi connectivity index (χ1n) is 4.32. The molecule has 0 aliphatic carbocycles. The lowest BCUT2D eigenvalue weighted by Crippen LogP contribution is -2.07. The second-order valence-electron chi connectivity index (χ2n) is 3.12. The molecule has 1 aromatic carbocycles. The van der Waals surface area contributed by atoms with E-state index >= 15 is 0 Å².